The lowest BCUT2D eigenvalue weighted by atomic mass is 10.2. The van der Waals surface area contributed by atoms with E-state index in [9.17, 15) is 0 Å². The first kappa shape index (κ1) is 7.71. The van der Waals surface area contributed by atoms with Gasteiger partial charge >= 0.3 is 0 Å². The Labute approximate surface area is 69.0 Å². The standard InChI is InChI=1S/C5H11IN2O/c1-3(8-6)4-5(7-2)9-4/h3-5,7-8H,1-2H3. The smallest absolute Gasteiger partial charge is 0.136 e. The molecule has 3 unspecified atom stereocenters. The Hall–Kier alpha value is 0.610. The average Bonchev–Trinajstić information content (AvgIpc) is 2.64. The Kier molecular flexibility index (Phi) is 2.69. The van der Waals surface area contributed by atoms with Crippen LogP contribution in [0.4, 0.5) is 0 Å². The molecule has 1 heterocycles. The minimum absolute atomic E-state index is 0.280. The molecule has 9 heavy (non-hydrogen) atoms. The summed E-state index contributed by atoms with van der Waals surface area (Å²) in [5, 5.41) is 3.04. The van der Waals surface area contributed by atoms with E-state index in [1.165, 1.54) is 0 Å². The van der Waals surface area contributed by atoms with Crippen LogP contribution in [0.1, 0.15) is 6.92 Å². The Balaban J connectivity index is 2.17. The van der Waals surface area contributed by atoms with Crippen molar-refractivity contribution in [1.82, 2.24) is 8.85 Å². The molecule has 0 aromatic rings. The summed E-state index contributed by atoms with van der Waals surface area (Å²) in [5.41, 5.74) is 0. The van der Waals surface area contributed by atoms with Crippen LogP contribution in [0, 0.1) is 0 Å². The maximum absolute atomic E-state index is 5.24. The molecule has 1 fully saturated rings. The number of hydrogen-bond acceptors (Lipinski definition) is 3. The van der Waals surface area contributed by atoms with Gasteiger partial charge < -0.3 is 4.74 Å². The first-order valence-electron chi connectivity index (χ1n) is 2.98. The minimum atomic E-state index is 0.280. The van der Waals surface area contributed by atoms with Crippen LogP contribution in [0.3, 0.4) is 0 Å². The molecule has 0 aromatic heterocycles. The summed E-state index contributed by atoms with van der Waals surface area (Å²) >= 11 is 2.14. The van der Waals surface area contributed by atoms with Gasteiger partial charge in [0.15, 0.2) is 0 Å². The number of halogens is 1. The van der Waals surface area contributed by atoms with Crippen molar-refractivity contribution >= 4 is 22.9 Å². The van der Waals surface area contributed by atoms with Crippen molar-refractivity contribution in [2.45, 2.75) is 25.3 Å². The third-order valence-electron chi connectivity index (χ3n) is 1.47. The summed E-state index contributed by atoms with van der Waals surface area (Å²) in [5.74, 6) is 0. The predicted octanol–water partition coefficient (Wildman–Crippen LogP) is 0.259. The van der Waals surface area contributed by atoms with Gasteiger partial charge in [-0.2, -0.15) is 0 Å². The topological polar surface area (TPSA) is 36.6 Å². The SMILES string of the molecule is CNC1OC1C(C)NI. The molecule has 3 atom stereocenters. The molecular formula is C5H11IN2O. The van der Waals surface area contributed by atoms with Crippen LogP contribution in [0.15, 0.2) is 0 Å². The third kappa shape index (κ3) is 1.76. The van der Waals surface area contributed by atoms with E-state index >= 15 is 0 Å². The van der Waals surface area contributed by atoms with Gasteiger partial charge in [-0.1, -0.05) is 0 Å². The zero-order chi connectivity index (χ0) is 6.85. The fourth-order valence-corrected chi connectivity index (χ4v) is 1.15. The van der Waals surface area contributed by atoms with Crippen molar-refractivity contribution in [2.75, 3.05) is 7.05 Å². The fraction of sp³-hybridized carbons (Fsp3) is 1.00. The van der Waals surface area contributed by atoms with E-state index in [0.29, 0.717) is 12.1 Å². The third-order valence-corrected chi connectivity index (χ3v) is 2.46. The summed E-state index contributed by atoms with van der Waals surface area (Å²) in [6.07, 6.45) is 0.647. The van der Waals surface area contributed by atoms with Gasteiger partial charge in [-0.25, -0.2) is 0 Å². The molecule has 4 heteroatoms. The van der Waals surface area contributed by atoms with Gasteiger partial charge in [0.1, 0.15) is 12.3 Å². The van der Waals surface area contributed by atoms with Gasteiger partial charge in [-0.15, -0.1) is 0 Å². The van der Waals surface area contributed by atoms with Crippen LogP contribution in [0.25, 0.3) is 0 Å². The molecule has 1 aliphatic heterocycles. The van der Waals surface area contributed by atoms with Crippen LogP contribution in [0.5, 0.6) is 0 Å². The van der Waals surface area contributed by atoms with Gasteiger partial charge in [0.25, 0.3) is 0 Å². The Morgan fingerprint density at radius 3 is 2.67 bits per heavy atom. The van der Waals surface area contributed by atoms with Crippen molar-refractivity contribution < 1.29 is 4.74 Å². The Morgan fingerprint density at radius 2 is 2.33 bits per heavy atom. The van der Waals surface area contributed by atoms with Crippen LogP contribution in [-0.2, 0) is 4.74 Å². The van der Waals surface area contributed by atoms with Crippen molar-refractivity contribution in [1.29, 1.82) is 0 Å². The normalized spacial score (nSPS) is 36.3. The number of epoxide rings is 1. The van der Waals surface area contributed by atoms with E-state index in [-0.39, 0.29) is 6.23 Å². The molecule has 0 bridgehead atoms. The van der Waals surface area contributed by atoms with Crippen molar-refractivity contribution in [3.8, 4) is 0 Å². The van der Waals surface area contributed by atoms with Crippen LogP contribution < -0.4 is 8.85 Å². The van der Waals surface area contributed by atoms with Crippen LogP contribution in [0.2, 0.25) is 0 Å². The molecule has 0 saturated carbocycles. The van der Waals surface area contributed by atoms with Gasteiger partial charge in [-0.3, -0.25) is 8.85 Å². The van der Waals surface area contributed by atoms with Crippen molar-refractivity contribution in [3.05, 3.63) is 0 Å². The van der Waals surface area contributed by atoms with E-state index < -0.39 is 0 Å². The van der Waals surface area contributed by atoms with Crippen LogP contribution >= 0.6 is 22.9 Å². The molecule has 0 radical (unpaired) electrons. The second-order valence-electron chi connectivity index (χ2n) is 2.21. The summed E-state index contributed by atoms with van der Waals surface area (Å²) < 4.78 is 8.34. The lowest BCUT2D eigenvalue weighted by Gasteiger charge is -2.01. The molecule has 0 aromatic carbocycles. The fourth-order valence-electron chi connectivity index (χ4n) is 0.798. The minimum Gasteiger partial charge on any atom is -0.352 e. The number of hydrogen-bond donors (Lipinski definition) is 2. The molecule has 0 spiro atoms. The first-order valence-corrected chi connectivity index (χ1v) is 4.06. The molecule has 1 saturated heterocycles. The highest BCUT2D eigenvalue weighted by Gasteiger charge is 2.41. The monoisotopic (exact) mass is 242 g/mol. The zero-order valence-electron chi connectivity index (χ0n) is 5.52. The van der Waals surface area contributed by atoms with Crippen molar-refractivity contribution in [2.24, 2.45) is 0 Å². The van der Waals surface area contributed by atoms with Gasteiger partial charge in [0.2, 0.25) is 0 Å². The lowest BCUT2D eigenvalue weighted by Crippen LogP contribution is -2.27. The quantitative estimate of drug-likeness (QED) is 0.423. The number of likely N-dealkylation sites (N-methyl/N-ethyl adjacent to an activating group) is 1. The lowest BCUT2D eigenvalue weighted by molar-refractivity contribution is 0.338. The van der Waals surface area contributed by atoms with Gasteiger partial charge in [0, 0.05) is 28.9 Å². The zero-order valence-corrected chi connectivity index (χ0v) is 7.68. The molecule has 0 amide bonds. The van der Waals surface area contributed by atoms with E-state index in [1.807, 2.05) is 7.05 Å². The maximum Gasteiger partial charge on any atom is 0.136 e. The highest BCUT2D eigenvalue weighted by atomic mass is 127. The summed E-state index contributed by atoms with van der Waals surface area (Å²) in [6, 6.07) is 0.447. The second-order valence-corrected chi connectivity index (χ2v) is 2.83. The highest BCUT2D eigenvalue weighted by Crippen LogP contribution is 2.22. The molecule has 1 rings (SSSR count). The van der Waals surface area contributed by atoms with Gasteiger partial charge in [0.05, 0.1) is 0 Å². The molecule has 1 aliphatic rings. The highest BCUT2D eigenvalue weighted by molar-refractivity contribution is 14.1. The van der Waals surface area contributed by atoms with E-state index in [2.05, 4.69) is 38.6 Å². The number of nitrogens with one attached hydrogen (secondary N) is 2. The van der Waals surface area contributed by atoms with Gasteiger partial charge in [-0.05, 0) is 14.0 Å². The van der Waals surface area contributed by atoms with E-state index in [4.69, 9.17) is 4.74 Å². The molecule has 3 nitrogen and oxygen atoms in total. The summed E-state index contributed by atoms with van der Waals surface area (Å²) in [7, 11) is 1.91. The number of rotatable bonds is 3. The molecule has 0 aliphatic carbocycles. The van der Waals surface area contributed by atoms with E-state index in [0.717, 1.165) is 0 Å². The number of ether oxygens (including phenoxy) is 1. The summed E-state index contributed by atoms with van der Waals surface area (Å²) in [4.78, 5) is 0. The largest absolute Gasteiger partial charge is 0.352 e. The Morgan fingerprint density at radius 1 is 1.67 bits per heavy atom. The first-order chi connectivity index (χ1) is 4.29. The summed E-state index contributed by atoms with van der Waals surface area (Å²) in [6.45, 7) is 2.11. The second kappa shape index (κ2) is 3.14. The van der Waals surface area contributed by atoms with Crippen LogP contribution in [-0.4, -0.2) is 25.4 Å². The van der Waals surface area contributed by atoms with Crippen molar-refractivity contribution in [3.63, 3.8) is 0 Å². The Bertz CT molecular complexity index is 101. The average molecular weight is 242 g/mol. The predicted molar refractivity (Wildman–Crippen MR) is 44.3 cm³/mol. The molecular weight excluding hydrogens is 231 g/mol. The molecule has 2 N–H and O–H groups in total. The van der Waals surface area contributed by atoms with E-state index in [1.54, 1.807) is 0 Å². The maximum atomic E-state index is 5.24. The molecule has 54 valence electrons.